The molecule has 3 N–H and O–H groups in total. The third-order valence-corrected chi connectivity index (χ3v) is 5.33. The van der Waals surface area contributed by atoms with Crippen molar-refractivity contribution in [2.45, 2.75) is 12.8 Å². The van der Waals surface area contributed by atoms with Gasteiger partial charge < -0.3 is 25.6 Å². The highest BCUT2D eigenvalue weighted by atomic mass is 16.5. The predicted molar refractivity (Wildman–Crippen MR) is 128 cm³/mol. The molecule has 0 unspecified atom stereocenters. The van der Waals surface area contributed by atoms with Crippen molar-refractivity contribution in [1.82, 2.24) is 0 Å². The standard InChI is InChI=1S/C25H26N4O3/c1-32-21-12-9-19(10-13-21)27-25(31)28-22-17-20(11-14-23(22)29-15-5-6-16-29)26-24(30)18-7-3-2-4-8-18/h2-4,7-14,17H,5-6,15-16H2,1H3,(H,26,30)(H2,27,28,31). The highest BCUT2D eigenvalue weighted by Gasteiger charge is 2.18. The van der Waals surface area contributed by atoms with Crippen LogP contribution in [0.5, 0.6) is 5.75 Å². The third-order valence-electron chi connectivity index (χ3n) is 5.33. The van der Waals surface area contributed by atoms with Gasteiger partial charge in [0.15, 0.2) is 0 Å². The van der Waals surface area contributed by atoms with E-state index in [2.05, 4.69) is 20.9 Å². The minimum atomic E-state index is -0.359. The number of rotatable bonds is 6. The molecule has 7 heteroatoms. The van der Waals surface area contributed by atoms with E-state index in [9.17, 15) is 9.59 Å². The number of methoxy groups -OCH3 is 1. The monoisotopic (exact) mass is 430 g/mol. The summed E-state index contributed by atoms with van der Waals surface area (Å²) in [5, 5.41) is 8.69. The molecule has 164 valence electrons. The highest BCUT2D eigenvalue weighted by molar-refractivity contribution is 6.06. The van der Waals surface area contributed by atoms with Gasteiger partial charge in [-0.1, -0.05) is 18.2 Å². The number of nitrogens with zero attached hydrogens (tertiary/aromatic N) is 1. The second-order valence-electron chi connectivity index (χ2n) is 7.55. The molecule has 3 amide bonds. The molecule has 3 aromatic carbocycles. The molecular weight excluding hydrogens is 404 g/mol. The van der Waals surface area contributed by atoms with Crippen molar-refractivity contribution >= 4 is 34.7 Å². The summed E-state index contributed by atoms with van der Waals surface area (Å²) in [5.74, 6) is 0.516. The maximum Gasteiger partial charge on any atom is 0.323 e. The Balaban J connectivity index is 1.52. The van der Waals surface area contributed by atoms with E-state index in [1.54, 1.807) is 49.6 Å². The molecule has 1 aliphatic heterocycles. The van der Waals surface area contributed by atoms with Crippen molar-refractivity contribution in [3.63, 3.8) is 0 Å². The van der Waals surface area contributed by atoms with Crippen LogP contribution in [0.15, 0.2) is 72.8 Å². The van der Waals surface area contributed by atoms with E-state index >= 15 is 0 Å². The van der Waals surface area contributed by atoms with Crippen LogP contribution < -0.4 is 25.6 Å². The number of ether oxygens (including phenoxy) is 1. The lowest BCUT2D eigenvalue weighted by Gasteiger charge is -2.22. The van der Waals surface area contributed by atoms with Gasteiger partial charge in [0, 0.05) is 30.0 Å². The molecule has 1 saturated heterocycles. The maximum absolute atomic E-state index is 12.7. The van der Waals surface area contributed by atoms with Crippen LogP contribution in [0.25, 0.3) is 0 Å². The molecule has 0 saturated carbocycles. The first-order valence-corrected chi connectivity index (χ1v) is 10.6. The Hall–Kier alpha value is -4.00. The van der Waals surface area contributed by atoms with Crippen LogP contribution in [0.1, 0.15) is 23.2 Å². The topological polar surface area (TPSA) is 82.7 Å². The zero-order valence-corrected chi connectivity index (χ0v) is 17.9. The fraction of sp³-hybridized carbons (Fsp3) is 0.200. The first-order valence-electron chi connectivity index (χ1n) is 10.6. The van der Waals surface area contributed by atoms with Crippen LogP contribution >= 0.6 is 0 Å². The Kier molecular flexibility index (Phi) is 6.55. The summed E-state index contributed by atoms with van der Waals surface area (Å²) in [6.07, 6.45) is 2.23. The summed E-state index contributed by atoms with van der Waals surface area (Å²) in [4.78, 5) is 27.5. The quantitative estimate of drug-likeness (QED) is 0.502. The molecule has 0 bridgehead atoms. The van der Waals surface area contributed by atoms with Gasteiger partial charge in [-0.15, -0.1) is 0 Å². The van der Waals surface area contributed by atoms with Crippen molar-refractivity contribution in [2.75, 3.05) is 41.0 Å². The molecule has 1 fully saturated rings. The van der Waals surface area contributed by atoms with Crippen LogP contribution in [0.2, 0.25) is 0 Å². The van der Waals surface area contributed by atoms with Gasteiger partial charge in [0.2, 0.25) is 0 Å². The van der Waals surface area contributed by atoms with Gasteiger partial charge >= 0.3 is 6.03 Å². The molecule has 1 heterocycles. The lowest BCUT2D eigenvalue weighted by molar-refractivity contribution is 0.102. The summed E-state index contributed by atoms with van der Waals surface area (Å²) in [7, 11) is 1.60. The highest BCUT2D eigenvalue weighted by Crippen LogP contribution is 2.32. The van der Waals surface area contributed by atoms with E-state index in [1.807, 2.05) is 30.3 Å². The van der Waals surface area contributed by atoms with Crippen molar-refractivity contribution in [2.24, 2.45) is 0 Å². The Bertz CT molecular complexity index is 1080. The van der Waals surface area contributed by atoms with Crippen LogP contribution in [0.3, 0.4) is 0 Å². The molecular formula is C25H26N4O3. The summed E-state index contributed by atoms with van der Waals surface area (Å²) < 4.78 is 5.15. The number of nitrogens with one attached hydrogen (secondary N) is 3. The number of hydrogen-bond acceptors (Lipinski definition) is 4. The van der Waals surface area contributed by atoms with Gasteiger partial charge in [-0.2, -0.15) is 0 Å². The lowest BCUT2D eigenvalue weighted by Crippen LogP contribution is -2.24. The smallest absolute Gasteiger partial charge is 0.323 e. The van der Waals surface area contributed by atoms with Crippen molar-refractivity contribution in [3.05, 3.63) is 78.4 Å². The average molecular weight is 431 g/mol. The van der Waals surface area contributed by atoms with Crippen LogP contribution in [-0.4, -0.2) is 32.1 Å². The SMILES string of the molecule is COc1ccc(NC(=O)Nc2cc(NC(=O)c3ccccc3)ccc2N2CCCC2)cc1. The summed E-state index contributed by atoms with van der Waals surface area (Å²) in [5.41, 5.74) is 3.41. The molecule has 3 aromatic rings. The molecule has 4 rings (SSSR count). The summed E-state index contributed by atoms with van der Waals surface area (Å²) in [6.45, 7) is 1.87. The molecule has 1 aliphatic rings. The lowest BCUT2D eigenvalue weighted by atomic mass is 10.2. The fourth-order valence-electron chi connectivity index (χ4n) is 3.70. The minimum Gasteiger partial charge on any atom is -0.497 e. The Morgan fingerprint density at radius 3 is 2.19 bits per heavy atom. The largest absolute Gasteiger partial charge is 0.497 e. The summed E-state index contributed by atoms with van der Waals surface area (Å²) in [6, 6.07) is 21.4. The number of urea groups is 1. The van der Waals surface area contributed by atoms with E-state index < -0.39 is 0 Å². The van der Waals surface area contributed by atoms with Crippen molar-refractivity contribution in [3.8, 4) is 5.75 Å². The van der Waals surface area contributed by atoms with Gasteiger partial charge in [-0.3, -0.25) is 4.79 Å². The third kappa shape index (κ3) is 5.18. The van der Waals surface area contributed by atoms with Gasteiger partial charge in [0.1, 0.15) is 5.75 Å². The number of anilines is 4. The Morgan fingerprint density at radius 1 is 0.812 bits per heavy atom. The molecule has 7 nitrogen and oxygen atoms in total. The first-order chi connectivity index (χ1) is 15.6. The number of hydrogen-bond donors (Lipinski definition) is 3. The van der Waals surface area contributed by atoms with E-state index in [4.69, 9.17) is 4.74 Å². The number of amides is 3. The molecule has 0 spiro atoms. The number of carbonyl (C=O) groups is 2. The normalized spacial score (nSPS) is 12.8. The zero-order chi connectivity index (χ0) is 22.3. The van der Waals surface area contributed by atoms with Gasteiger partial charge in [-0.05, 0) is 67.4 Å². The second kappa shape index (κ2) is 9.87. The Labute approximate surface area is 187 Å². The minimum absolute atomic E-state index is 0.201. The number of carbonyl (C=O) groups excluding carboxylic acids is 2. The van der Waals surface area contributed by atoms with Crippen LogP contribution in [0.4, 0.5) is 27.5 Å². The van der Waals surface area contributed by atoms with Crippen LogP contribution in [0, 0.1) is 0 Å². The first kappa shape index (κ1) is 21.2. The second-order valence-corrected chi connectivity index (χ2v) is 7.55. The average Bonchev–Trinajstić information content (AvgIpc) is 3.35. The van der Waals surface area contributed by atoms with Gasteiger partial charge in [0.05, 0.1) is 18.5 Å². The van der Waals surface area contributed by atoms with E-state index in [0.29, 0.717) is 28.4 Å². The predicted octanol–water partition coefficient (Wildman–Crippen LogP) is 5.19. The molecule has 0 aliphatic carbocycles. The Morgan fingerprint density at radius 2 is 1.50 bits per heavy atom. The number of benzene rings is 3. The maximum atomic E-state index is 12.7. The van der Waals surface area contributed by atoms with E-state index in [0.717, 1.165) is 31.6 Å². The summed E-state index contributed by atoms with van der Waals surface area (Å²) >= 11 is 0. The molecule has 0 aromatic heterocycles. The van der Waals surface area contributed by atoms with Crippen LogP contribution in [-0.2, 0) is 0 Å². The van der Waals surface area contributed by atoms with Crippen molar-refractivity contribution in [1.29, 1.82) is 0 Å². The molecule has 0 atom stereocenters. The molecule has 32 heavy (non-hydrogen) atoms. The van der Waals surface area contributed by atoms with Crippen molar-refractivity contribution < 1.29 is 14.3 Å². The van der Waals surface area contributed by atoms with E-state index in [-0.39, 0.29) is 11.9 Å². The van der Waals surface area contributed by atoms with E-state index in [1.165, 1.54) is 0 Å². The molecule has 0 radical (unpaired) electrons. The fourth-order valence-corrected chi connectivity index (χ4v) is 3.70. The van der Waals surface area contributed by atoms with Gasteiger partial charge in [0.25, 0.3) is 5.91 Å². The van der Waals surface area contributed by atoms with Gasteiger partial charge in [-0.25, -0.2) is 4.79 Å². The zero-order valence-electron chi connectivity index (χ0n) is 17.9.